The maximum atomic E-state index is 12.2. The average molecular weight is 306 g/mol. The van der Waals surface area contributed by atoms with E-state index in [4.69, 9.17) is 5.26 Å². The highest BCUT2D eigenvalue weighted by Crippen LogP contribution is 2.30. The lowest BCUT2D eigenvalue weighted by atomic mass is 9.81. The van der Waals surface area contributed by atoms with Crippen molar-refractivity contribution in [2.24, 2.45) is 11.8 Å². The molecule has 114 valence electrons. The Morgan fingerprint density at radius 2 is 1.71 bits per heavy atom. The molecule has 0 heterocycles. The van der Waals surface area contributed by atoms with E-state index in [1.165, 1.54) is 43.5 Å². The smallest absolute Gasteiger partial charge is 0.211 e. The first-order chi connectivity index (χ1) is 10.0. The molecule has 0 unspecified atom stereocenters. The second-order valence-electron chi connectivity index (χ2n) is 5.78. The summed E-state index contributed by atoms with van der Waals surface area (Å²) in [5.74, 6) is 1.26. The molecule has 0 aliphatic heterocycles. The SMILES string of the molecule is CCC1CCC(CNS(=O)(=O)c2ccc(C#N)cc2)CC1. The van der Waals surface area contributed by atoms with Crippen LogP contribution in [-0.4, -0.2) is 15.0 Å². The number of hydrogen-bond donors (Lipinski definition) is 1. The number of nitrogens with zero attached hydrogens (tertiary/aromatic N) is 1. The second kappa shape index (κ2) is 7.06. The highest BCUT2D eigenvalue weighted by Gasteiger charge is 2.22. The van der Waals surface area contributed by atoms with Crippen molar-refractivity contribution in [3.8, 4) is 6.07 Å². The van der Waals surface area contributed by atoms with Crippen LogP contribution in [-0.2, 0) is 10.0 Å². The van der Waals surface area contributed by atoms with Crippen molar-refractivity contribution in [2.75, 3.05) is 6.54 Å². The Bertz CT molecular complexity index is 594. The largest absolute Gasteiger partial charge is 0.240 e. The van der Waals surface area contributed by atoms with Crippen molar-refractivity contribution >= 4 is 10.0 Å². The topological polar surface area (TPSA) is 70.0 Å². The molecular weight excluding hydrogens is 284 g/mol. The third-order valence-electron chi connectivity index (χ3n) is 4.40. The molecule has 1 N–H and O–H groups in total. The molecule has 1 aliphatic rings. The van der Waals surface area contributed by atoms with E-state index in [0.717, 1.165) is 18.8 Å². The van der Waals surface area contributed by atoms with Crippen LogP contribution in [0.2, 0.25) is 0 Å². The van der Waals surface area contributed by atoms with E-state index in [2.05, 4.69) is 11.6 Å². The summed E-state index contributed by atoms with van der Waals surface area (Å²) in [5.41, 5.74) is 0.465. The van der Waals surface area contributed by atoms with Crippen molar-refractivity contribution < 1.29 is 8.42 Å². The fraction of sp³-hybridized carbons (Fsp3) is 0.562. The Balaban J connectivity index is 1.91. The van der Waals surface area contributed by atoms with Gasteiger partial charge in [-0.15, -0.1) is 0 Å². The van der Waals surface area contributed by atoms with Crippen molar-refractivity contribution in [2.45, 2.75) is 43.9 Å². The van der Waals surface area contributed by atoms with E-state index in [-0.39, 0.29) is 4.90 Å². The summed E-state index contributed by atoms with van der Waals surface area (Å²) in [4.78, 5) is 0.226. The van der Waals surface area contributed by atoms with E-state index in [1.807, 2.05) is 6.07 Å². The number of hydrogen-bond acceptors (Lipinski definition) is 3. The molecule has 5 heteroatoms. The van der Waals surface area contributed by atoms with Gasteiger partial charge in [-0.3, -0.25) is 0 Å². The molecule has 0 spiro atoms. The Labute approximate surface area is 127 Å². The fourth-order valence-corrected chi connectivity index (χ4v) is 3.98. The lowest BCUT2D eigenvalue weighted by molar-refractivity contribution is 0.270. The zero-order valence-electron chi connectivity index (χ0n) is 12.4. The number of benzene rings is 1. The van der Waals surface area contributed by atoms with Crippen LogP contribution in [0.15, 0.2) is 29.2 Å². The highest BCUT2D eigenvalue weighted by atomic mass is 32.2. The summed E-state index contributed by atoms with van der Waals surface area (Å²) < 4.78 is 27.1. The molecule has 1 fully saturated rings. The lowest BCUT2D eigenvalue weighted by Gasteiger charge is -2.27. The summed E-state index contributed by atoms with van der Waals surface area (Å²) in [6, 6.07) is 8.00. The van der Waals surface area contributed by atoms with E-state index in [9.17, 15) is 8.42 Å². The van der Waals surface area contributed by atoms with Crippen LogP contribution in [0.3, 0.4) is 0 Å². The first-order valence-electron chi connectivity index (χ1n) is 7.55. The summed E-state index contributed by atoms with van der Waals surface area (Å²) in [6.07, 6.45) is 5.85. The number of rotatable bonds is 5. The van der Waals surface area contributed by atoms with Crippen molar-refractivity contribution in [1.29, 1.82) is 5.26 Å². The molecule has 1 aliphatic carbocycles. The predicted octanol–water partition coefficient (Wildman–Crippen LogP) is 3.05. The van der Waals surface area contributed by atoms with Gasteiger partial charge in [0.1, 0.15) is 0 Å². The molecule has 0 aromatic heterocycles. The standard InChI is InChI=1S/C16H22N2O2S/c1-2-13-3-5-15(6-4-13)12-18-21(19,20)16-9-7-14(11-17)8-10-16/h7-10,13,15,18H,2-6,12H2,1H3. The molecule has 2 rings (SSSR count). The number of sulfonamides is 1. The van der Waals surface area contributed by atoms with E-state index in [1.54, 1.807) is 0 Å². The minimum Gasteiger partial charge on any atom is -0.211 e. The van der Waals surface area contributed by atoms with Crippen molar-refractivity contribution in [1.82, 2.24) is 4.72 Å². The van der Waals surface area contributed by atoms with Crippen LogP contribution in [0.5, 0.6) is 0 Å². The van der Waals surface area contributed by atoms with Crippen molar-refractivity contribution in [3.63, 3.8) is 0 Å². The Morgan fingerprint density at radius 3 is 2.24 bits per heavy atom. The molecule has 1 saturated carbocycles. The minimum atomic E-state index is -3.46. The van der Waals surface area contributed by atoms with E-state index >= 15 is 0 Å². The van der Waals surface area contributed by atoms with Gasteiger partial charge >= 0.3 is 0 Å². The van der Waals surface area contributed by atoms with Crippen LogP contribution in [0.4, 0.5) is 0 Å². The van der Waals surface area contributed by atoms with Gasteiger partial charge in [0.2, 0.25) is 10.0 Å². The quantitative estimate of drug-likeness (QED) is 0.909. The van der Waals surface area contributed by atoms with Gasteiger partial charge in [-0.25, -0.2) is 13.1 Å². The molecule has 21 heavy (non-hydrogen) atoms. The van der Waals surface area contributed by atoms with Gasteiger partial charge in [-0.1, -0.05) is 26.2 Å². The molecule has 0 atom stereocenters. The van der Waals surface area contributed by atoms with Gasteiger partial charge in [-0.2, -0.15) is 5.26 Å². The zero-order chi connectivity index (χ0) is 15.3. The maximum Gasteiger partial charge on any atom is 0.240 e. The first kappa shape index (κ1) is 16.0. The normalized spacial score (nSPS) is 22.7. The monoisotopic (exact) mass is 306 g/mol. The summed E-state index contributed by atoms with van der Waals surface area (Å²) in [7, 11) is -3.46. The summed E-state index contributed by atoms with van der Waals surface area (Å²) in [5, 5.41) is 8.73. The zero-order valence-corrected chi connectivity index (χ0v) is 13.2. The third kappa shape index (κ3) is 4.29. The van der Waals surface area contributed by atoms with Crippen LogP contribution in [0.25, 0.3) is 0 Å². The number of nitriles is 1. The van der Waals surface area contributed by atoms with Gasteiger partial charge in [0.25, 0.3) is 0 Å². The summed E-state index contributed by atoms with van der Waals surface area (Å²) in [6.45, 7) is 2.73. The second-order valence-corrected chi connectivity index (χ2v) is 7.55. The van der Waals surface area contributed by atoms with E-state index in [0.29, 0.717) is 18.0 Å². The van der Waals surface area contributed by atoms with Gasteiger partial charge in [0.05, 0.1) is 16.5 Å². The average Bonchev–Trinajstić information content (AvgIpc) is 2.53. The van der Waals surface area contributed by atoms with Crippen molar-refractivity contribution in [3.05, 3.63) is 29.8 Å². The molecular formula is C16H22N2O2S. The van der Waals surface area contributed by atoms with Crippen LogP contribution in [0, 0.1) is 23.2 Å². The third-order valence-corrected chi connectivity index (χ3v) is 5.84. The van der Waals surface area contributed by atoms with Gasteiger partial charge < -0.3 is 0 Å². The Kier molecular flexibility index (Phi) is 5.38. The molecule has 1 aromatic rings. The van der Waals surface area contributed by atoms with Gasteiger partial charge in [0.15, 0.2) is 0 Å². The van der Waals surface area contributed by atoms with Gasteiger partial charge in [0, 0.05) is 6.54 Å². The summed E-state index contributed by atoms with van der Waals surface area (Å²) >= 11 is 0. The molecule has 0 bridgehead atoms. The lowest BCUT2D eigenvalue weighted by Crippen LogP contribution is -2.31. The first-order valence-corrected chi connectivity index (χ1v) is 9.03. The Hall–Kier alpha value is -1.38. The maximum absolute atomic E-state index is 12.2. The van der Waals surface area contributed by atoms with E-state index < -0.39 is 10.0 Å². The van der Waals surface area contributed by atoms with Gasteiger partial charge in [-0.05, 0) is 48.9 Å². The van der Waals surface area contributed by atoms with Crippen LogP contribution >= 0.6 is 0 Å². The van der Waals surface area contributed by atoms with Crippen LogP contribution in [0.1, 0.15) is 44.6 Å². The highest BCUT2D eigenvalue weighted by molar-refractivity contribution is 7.89. The molecule has 1 aromatic carbocycles. The predicted molar refractivity (Wildman–Crippen MR) is 82.1 cm³/mol. The molecule has 0 amide bonds. The molecule has 4 nitrogen and oxygen atoms in total. The fourth-order valence-electron chi connectivity index (χ4n) is 2.86. The Morgan fingerprint density at radius 1 is 1.14 bits per heavy atom. The molecule has 0 saturated heterocycles. The number of nitrogens with one attached hydrogen (secondary N) is 1. The molecule has 0 radical (unpaired) electrons. The minimum absolute atomic E-state index is 0.226. The van der Waals surface area contributed by atoms with Crippen LogP contribution < -0.4 is 4.72 Å².